The SMILES string of the molecule is CC(NC(=O)c1cccs1)C(=O)N1CCCC1Cc1ccccc1. The molecule has 5 heteroatoms. The summed E-state index contributed by atoms with van der Waals surface area (Å²) in [4.78, 5) is 27.5. The summed E-state index contributed by atoms with van der Waals surface area (Å²) in [5, 5.41) is 4.68. The van der Waals surface area contributed by atoms with E-state index in [1.54, 1.807) is 13.0 Å². The minimum atomic E-state index is -0.504. The third-order valence-corrected chi connectivity index (χ3v) is 5.31. The van der Waals surface area contributed by atoms with Gasteiger partial charge < -0.3 is 10.2 Å². The number of thiophene rings is 1. The maximum Gasteiger partial charge on any atom is 0.261 e. The first kappa shape index (κ1) is 16.7. The summed E-state index contributed by atoms with van der Waals surface area (Å²) in [7, 11) is 0. The Morgan fingerprint density at radius 2 is 2.04 bits per heavy atom. The van der Waals surface area contributed by atoms with E-state index in [9.17, 15) is 9.59 Å². The highest BCUT2D eigenvalue weighted by molar-refractivity contribution is 7.12. The van der Waals surface area contributed by atoms with Gasteiger partial charge in [-0.25, -0.2) is 0 Å². The number of nitrogens with zero attached hydrogens (tertiary/aromatic N) is 1. The maximum atomic E-state index is 12.8. The summed E-state index contributed by atoms with van der Waals surface area (Å²) in [6.45, 7) is 2.54. The Labute approximate surface area is 146 Å². The van der Waals surface area contributed by atoms with Crippen molar-refractivity contribution in [2.75, 3.05) is 6.54 Å². The highest BCUT2D eigenvalue weighted by Crippen LogP contribution is 2.22. The Morgan fingerprint density at radius 1 is 1.25 bits per heavy atom. The maximum absolute atomic E-state index is 12.8. The smallest absolute Gasteiger partial charge is 0.261 e. The molecule has 1 aromatic heterocycles. The molecule has 0 spiro atoms. The van der Waals surface area contributed by atoms with Crippen molar-refractivity contribution in [3.8, 4) is 0 Å². The molecule has 1 fully saturated rings. The van der Waals surface area contributed by atoms with Crippen LogP contribution in [0.3, 0.4) is 0 Å². The molecule has 3 rings (SSSR count). The molecule has 1 saturated heterocycles. The van der Waals surface area contributed by atoms with Crippen LogP contribution in [0.4, 0.5) is 0 Å². The Balaban J connectivity index is 1.61. The third kappa shape index (κ3) is 3.85. The van der Waals surface area contributed by atoms with Crippen LogP contribution < -0.4 is 5.32 Å². The van der Waals surface area contributed by atoms with Crippen molar-refractivity contribution in [3.63, 3.8) is 0 Å². The second-order valence-electron chi connectivity index (χ2n) is 6.19. The molecule has 2 unspecified atom stereocenters. The molecule has 1 aliphatic rings. The molecule has 0 saturated carbocycles. The molecule has 0 radical (unpaired) electrons. The summed E-state index contributed by atoms with van der Waals surface area (Å²) in [5.74, 6) is -0.164. The van der Waals surface area contributed by atoms with Gasteiger partial charge in [-0.05, 0) is 43.2 Å². The van der Waals surface area contributed by atoms with Crippen LogP contribution >= 0.6 is 11.3 Å². The molecule has 0 bridgehead atoms. The van der Waals surface area contributed by atoms with E-state index in [0.717, 1.165) is 25.8 Å². The fraction of sp³-hybridized carbons (Fsp3) is 0.368. The zero-order chi connectivity index (χ0) is 16.9. The number of rotatable bonds is 5. The van der Waals surface area contributed by atoms with Crippen molar-refractivity contribution in [3.05, 3.63) is 58.3 Å². The van der Waals surface area contributed by atoms with Gasteiger partial charge in [0.1, 0.15) is 6.04 Å². The van der Waals surface area contributed by atoms with Crippen molar-refractivity contribution in [2.24, 2.45) is 0 Å². The molecular weight excluding hydrogens is 320 g/mol. The first-order valence-electron chi connectivity index (χ1n) is 8.34. The van der Waals surface area contributed by atoms with Gasteiger partial charge in [0.15, 0.2) is 0 Å². The molecule has 4 nitrogen and oxygen atoms in total. The summed E-state index contributed by atoms with van der Waals surface area (Å²) in [6.07, 6.45) is 2.92. The lowest BCUT2D eigenvalue weighted by atomic mass is 10.0. The summed E-state index contributed by atoms with van der Waals surface area (Å²) >= 11 is 1.38. The normalized spacial score (nSPS) is 18.4. The molecule has 1 aromatic carbocycles. The average molecular weight is 342 g/mol. The minimum absolute atomic E-state index is 0.0123. The van der Waals surface area contributed by atoms with Gasteiger partial charge in [-0.15, -0.1) is 11.3 Å². The largest absolute Gasteiger partial charge is 0.340 e. The van der Waals surface area contributed by atoms with Crippen LogP contribution in [-0.4, -0.2) is 35.3 Å². The number of amides is 2. The van der Waals surface area contributed by atoms with E-state index in [1.165, 1.54) is 16.9 Å². The number of likely N-dealkylation sites (tertiary alicyclic amines) is 1. The highest BCUT2D eigenvalue weighted by atomic mass is 32.1. The molecule has 1 aliphatic heterocycles. The van der Waals surface area contributed by atoms with Gasteiger partial charge in [0, 0.05) is 12.6 Å². The monoisotopic (exact) mass is 342 g/mol. The predicted molar refractivity (Wildman–Crippen MR) is 96.1 cm³/mol. The van der Waals surface area contributed by atoms with Crippen LogP contribution in [0.25, 0.3) is 0 Å². The number of hydrogen-bond acceptors (Lipinski definition) is 3. The molecule has 24 heavy (non-hydrogen) atoms. The molecule has 1 N–H and O–H groups in total. The van der Waals surface area contributed by atoms with Crippen LogP contribution in [0.2, 0.25) is 0 Å². The fourth-order valence-corrected chi connectivity index (χ4v) is 3.84. The lowest BCUT2D eigenvalue weighted by Crippen LogP contribution is -2.48. The fourth-order valence-electron chi connectivity index (χ4n) is 3.21. The van der Waals surface area contributed by atoms with E-state index in [4.69, 9.17) is 0 Å². The average Bonchev–Trinajstić information content (AvgIpc) is 3.27. The van der Waals surface area contributed by atoms with Crippen molar-refractivity contribution < 1.29 is 9.59 Å². The third-order valence-electron chi connectivity index (χ3n) is 4.44. The van der Waals surface area contributed by atoms with E-state index in [1.807, 2.05) is 34.5 Å². The summed E-state index contributed by atoms with van der Waals surface area (Å²) in [5.41, 5.74) is 1.25. The Bertz CT molecular complexity index is 685. The minimum Gasteiger partial charge on any atom is -0.340 e. The second-order valence-corrected chi connectivity index (χ2v) is 7.14. The summed E-state index contributed by atoms with van der Waals surface area (Å²) < 4.78 is 0. The van der Waals surface area contributed by atoms with E-state index in [2.05, 4.69) is 17.4 Å². The molecule has 2 amide bonds. The lowest BCUT2D eigenvalue weighted by Gasteiger charge is -2.28. The summed E-state index contributed by atoms with van der Waals surface area (Å²) in [6, 6.07) is 13.6. The predicted octanol–water partition coefficient (Wildman–Crippen LogP) is 3.10. The van der Waals surface area contributed by atoms with Crippen molar-refractivity contribution in [2.45, 2.75) is 38.3 Å². The van der Waals surface area contributed by atoms with Gasteiger partial charge >= 0.3 is 0 Å². The van der Waals surface area contributed by atoms with Crippen LogP contribution in [0.15, 0.2) is 47.8 Å². The van der Waals surface area contributed by atoms with Crippen LogP contribution in [0.5, 0.6) is 0 Å². The zero-order valence-electron chi connectivity index (χ0n) is 13.8. The van der Waals surface area contributed by atoms with Gasteiger partial charge in [-0.1, -0.05) is 36.4 Å². The number of carbonyl (C=O) groups excluding carboxylic acids is 2. The number of benzene rings is 1. The first-order valence-corrected chi connectivity index (χ1v) is 9.22. The number of carbonyl (C=O) groups is 2. The van der Waals surface area contributed by atoms with E-state index < -0.39 is 6.04 Å². The second kappa shape index (κ2) is 7.62. The van der Waals surface area contributed by atoms with Crippen molar-refractivity contribution in [1.82, 2.24) is 10.2 Å². The Kier molecular flexibility index (Phi) is 5.30. The van der Waals surface area contributed by atoms with E-state index >= 15 is 0 Å². The molecule has 0 aliphatic carbocycles. The number of hydrogen-bond donors (Lipinski definition) is 1. The zero-order valence-corrected chi connectivity index (χ0v) is 14.6. The van der Waals surface area contributed by atoms with E-state index in [0.29, 0.717) is 4.88 Å². The van der Waals surface area contributed by atoms with E-state index in [-0.39, 0.29) is 17.9 Å². The standard InChI is InChI=1S/C19H22N2O2S/c1-14(20-18(22)17-10-6-12-24-17)19(23)21-11-5-9-16(21)13-15-7-3-2-4-8-15/h2-4,6-8,10,12,14,16H,5,9,11,13H2,1H3,(H,20,22). The van der Waals surface area contributed by atoms with Gasteiger partial charge in [0.25, 0.3) is 5.91 Å². The van der Waals surface area contributed by atoms with Crippen LogP contribution in [0.1, 0.15) is 35.0 Å². The Hall–Kier alpha value is -2.14. The molecule has 2 atom stereocenters. The first-order chi connectivity index (χ1) is 11.6. The van der Waals surface area contributed by atoms with Crippen LogP contribution in [-0.2, 0) is 11.2 Å². The van der Waals surface area contributed by atoms with Crippen LogP contribution in [0, 0.1) is 0 Å². The van der Waals surface area contributed by atoms with Crippen molar-refractivity contribution >= 4 is 23.2 Å². The molecular formula is C19H22N2O2S. The van der Waals surface area contributed by atoms with Crippen molar-refractivity contribution in [1.29, 1.82) is 0 Å². The van der Waals surface area contributed by atoms with Gasteiger partial charge in [-0.2, -0.15) is 0 Å². The molecule has 2 aromatic rings. The molecule has 126 valence electrons. The number of nitrogens with one attached hydrogen (secondary N) is 1. The van der Waals surface area contributed by atoms with Gasteiger partial charge in [0.05, 0.1) is 4.88 Å². The quantitative estimate of drug-likeness (QED) is 0.908. The highest BCUT2D eigenvalue weighted by Gasteiger charge is 2.32. The van der Waals surface area contributed by atoms with Gasteiger partial charge in [0.2, 0.25) is 5.91 Å². The van der Waals surface area contributed by atoms with Gasteiger partial charge in [-0.3, -0.25) is 9.59 Å². The lowest BCUT2D eigenvalue weighted by molar-refractivity contribution is -0.133. The Morgan fingerprint density at radius 3 is 2.75 bits per heavy atom. The topological polar surface area (TPSA) is 49.4 Å². The molecule has 2 heterocycles.